The number of aromatic hydroxyl groups is 1. The number of thiophene rings is 1. The number of carbonyl (C=O) groups is 1. The molecule has 106 valence electrons. The molecule has 1 amide bonds. The van der Waals surface area contributed by atoms with Crippen LogP contribution >= 0.6 is 11.3 Å². The molecule has 0 aliphatic heterocycles. The van der Waals surface area contributed by atoms with Crippen LogP contribution in [0.5, 0.6) is 5.75 Å². The standard InChI is InChI=1S/C17H15NO2S/c19-14-6-7-16-15(9-14)13(11-21-16)8-17(20)18-10-12-4-2-1-3-5-12/h1-7,9,11,19H,8,10H2,(H,18,20). The average molecular weight is 297 g/mol. The SMILES string of the molecule is O=C(Cc1csc2ccc(O)cc12)NCc1ccccc1. The van der Waals surface area contributed by atoms with Crippen LogP contribution in [0.2, 0.25) is 0 Å². The second kappa shape index (κ2) is 5.97. The highest BCUT2D eigenvalue weighted by Crippen LogP contribution is 2.29. The molecule has 0 aliphatic rings. The minimum absolute atomic E-state index is 0.0121. The van der Waals surface area contributed by atoms with Gasteiger partial charge in [0.05, 0.1) is 6.42 Å². The minimum atomic E-state index is -0.0121. The van der Waals surface area contributed by atoms with Gasteiger partial charge in [0.2, 0.25) is 5.91 Å². The number of phenolic OH excluding ortho intramolecular Hbond substituents is 1. The zero-order valence-electron chi connectivity index (χ0n) is 11.4. The maximum Gasteiger partial charge on any atom is 0.224 e. The van der Waals surface area contributed by atoms with Crippen LogP contribution in [0.15, 0.2) is 53.9 Å². The second-order valence-corrected chi connectivity index (χ2v) is 5.79. The average Bonchev–Trinajstić information content (AvgIpc) is 2.88. The van der Waals surface area contributed by atoms with Crippen molar-refractivity contribution in [1.82, 2.24) is 5.32 Å². The van der Waals surface area contributed by atoms with E-state index < -0.39 is 0 Å². The van der Waals surface area contributed by atoms with Gasteiger partial charge in [0.15, 0.2) is 0 Å². The summed E-state index contributed by atoms with van der Waals surface area (Å²) in [4.78, 5) is 12.0. The number of fused-ring (bicyclic) bond motifs is 1. The highest BCUT2D eigenvalue weighted by atomic mass is 32.1. The molecule has 0 spiro atoms. The predicted molar refractivity (Wildman–Crippen MR) is 85.5 cm³/mol. The summed E-state index contributed by atoms with van der Waals surface area (Å²) >= 11 is 1.59. The van der Waals surface area contributed by atoms with E-state index in [1.165, 1.54) is 0 Å². The molecule has 4 heteroatoms. The summed E-state index contributed by atoms with van der Waals surface area (Å²) in [6.45, 7) is 0.535. The van der Waals surface area contributed by atoms with Gasteiger partial charge in [-0.25, -0.2) is 0 Å². The molecule has 3 rings (SSSR count). The first-order chi connectivity index (χ1) is 10.2. The highest BCUT2D eigenvalue weighted by molar-refractivity contribution is 7.17. The smallest absolute Gasteiger partial charge is 0.224 e. The van der Waals surface area contributed by atoms with Gasteiger partial charge in [-0.05, 0) is 40.1 Å². The van der Waals surface area contributed by atoms with Crippen molar-refractivity contribution in [3.63, 3.8) is 0 Å². The fourth-order valence-corrected chi connectivity index (χ4v) is 3.18. The van der Waals surface area contributed by atoms with E-state index in [1.54, 1.807) is 23.5 Å². The first kappa shape index (κ1) is 13.6. The van der Waals surface area contributed by atoms with Crippen LogP contribution in [0, 0.1) is 0 Å². The summed E-state index contributed by atoms with van der Waals surface area (Å²) in [7, 11) is 0. The number of rotatable bonds is 4. The van der Waals surface area contributed by atoms with Crippen molar-refractivity contribution < 1.29 is 9.90 Å². The van der Waals surface area contributed by atoms with Gasteiger partial charge < -0.3 is 10.4 Å². The zero-order chi connectivity index (χ0) is 14.7. The summed E-state index contributed by atoms with van der Waals surface area (Å²) in [5.41, 5.74) is 2.04. The topological polar surface area (TPSA) is 49.3 Å². The van der Waals surface area contributed by atoms with Gasteiger partial charge in [0, 0.05) is 11.2 Å². The summed E-state index contributed by atoms with van der Waals surface area (Å²) in [5.74, 6) is 0.216. The van der Waals surface area contributed by atoms with E-state index in [2.05, 4.69) is 5.32 Å². The third-order valence-electron chi connectivity index (χ3n) is 3.32. The molecular formula is C17H15NO2S. The number of carbonyl (C=O) groups excluding carboxylic acids is 1. The Hall–Kier alpha value is -2.33. The Kier molecular flexibility index (Phi) is 3.88. The van der Waals surface area contributed by atoms with Crippen molar-refractivity contribution in [2.24, 2.45) is 0 Å². The fraction of sp³-hybridized carbons (Fsp3) is 0.118. The van der Waals surface area contributed by atoms with Gasteiger partial charge in [-0.15, -0.1) is 11.3 Å². The lowest BCUT2D eigenvalue weighted by atomic mass is 10.1. The second-order valence-electron chi connectivity index (χ2n) is 4.88. The number of hydrogen-bond donors (Lipinski definition) is 2. The molecule has 0 aliphatic carbocycles. The van der Waals surface area contributed by atoms with Crippen LogP contribution in [-0.4, -0.2) is 11.0 Å². The predicted octanol–water partition coefficient (Wildman–Crippen LogP) is 3.47. The van der Waals surface area contributed by atoms with E-state index in [9.17, 15) is 9.90 Å². The van der Waals surface area contributed by atoms with Crippen molar-refractivity contribution in [1.29, 1.82) is 0 Å². The molecule has 1 heterocycles. The van der Waals surface area contributed by atoms with Crippen molar-refractivity contribution in [2.45, 2.75) is 13.0 Å². The third kappa shape index (κ3) is 3.23. The normalized spacial score (nSPS) is 10.7. The summed E-state index contributed by atoms with van der Waals surface area (Å²) in [5, 5.41) is 15.4. The number of nitrogens with one attached hydrogen (secondary N) is 1. The Labute approximate surface area is 126 Å². The zero-order valence-corrected chi connectivity index (χ0v) is 12.2. The molecule has 1 aromatic heterocycles. The van der Waals surface area contributed by atoms with E-state index in [-0.39, 0.29) is 11.7 Å². The molecule has 0 bridgehead atoms. The van der Waals surface area contributed by atoms with Crippen molar-refractivity contribution in [3.8, 4) is 5.75 Å². The molecule has 0 unspecified atom stereocenters. The molecule has 0 saturated heterocycles. The van der Waals surface area contributed by atoms with Crippen molar-refractivity contribution in [2.75, 3.05) is 0 Å². The van der Waals surface area contributed by atoms with Gasteiger partial charge in [-0.3, -0.25) is 4.79 Å². The summed E-state index contributed by atoms with van der Waals surface area (Å²) in [6, 6.07) is 15.1. The maximum absolute atomic E-state index is 12.0. The lowest BCUT2D eigenvalue weighted by molar-refractivity contribution is -0.120. The number of phenols is 1. The molecular weight excluding hydrogens is 282 g/mol. The van der Waals surface area contributed by atoms with Crippen LogP contribution < -0.4 is 5.32 Å². The Morgan fingerprint density at radius 2 is 1.95 bits per heavy atom. The van der Waals surface area contributed by atoms with E-state index in [1.807, 2.05) is 41.8 Å². The van der Waals surface area contributed by atoms with Gasteiger partial charge >= 0.3 is 0 Å². The van der Waals surface area contributed by atoms with E-state index in [4.69, 9.17) is 0 Å². The molecule has 2 N–H and O–H groups in total. The Bertz CT molecular complexity index is 765. The van der Waals surface area contributed by atoms with Gasteiger partial charge in [0.1, 0.15) is 5.75 Å². The third-order valence-corrected chi connectivity index (χ3v) is 4.33. The lowest BCUT2D eigenvalue weighted by Crippen LogP contribution is -2.24. The molecule has 0 saturated carbocycles. The van der Waals surface area contributed by atoms with Crippen molar-refractivity contribution in [3.05, 3.63) is 65.0 Å². The van der Waals surface area contributed by atoms with Crippen LogP contribution in [0.25, 0.3) is 10.1 Å². The molecule has 0 radical (unpaired) electrons. The number of amides is 1. The summed E-state index contributed by atoms with van der Waals surface area (Å²) < 4.78 is 1.08. The highest BCUT2D eigenvalue weighted by Gasteiger charge is 2.09. The van der Waals surface area contributed by atoms with Crippen LogP contribution in [0.1, 0.15) is 11.1 Å². The van der Waals surface area contributed by atoms with Gasteiger partial charge in [0.25, 0.3) is 0 Å². The maximum atomic E-state index is 12.0. The monoisotopic (exact) mass is 297 g/mol. The fourth-order valence-electron chi connectivity index (χ4n) is 2.24. The van der Waals surface area contributed by atoms with E-state index in [0.29, 0.717) is 13.0 Å². The Balaban J connectivity index is 1.67. The molecule has 3 nitrogen and oxygen atoms in total. The van der Waals surface area contributed by atoms with Gasteiger partial charge in [-0.1, -0.05) is 30.3 Å². The van der Waals surface area contributed by atoms with E-state index >= 15 is 0 Å². The van der Waals surface area contributed by atoms with Crippen LogP contribution in [0.3, 0.4) is 0 Å². The lowest BCUT2D eigenvalue weighted by Gasteiger charge is -2.05. The Morgan fingerprint density at radius 3 is 2.76 bits per heavy atom. The number of hydrogen-bond acceptors (Lipinski definition) is 3. The van der Waals surface area contributed by atoms with E-state index in [0.717, 1.165) is 21.2 Å². The van der Waals surface area contributed by atoms with Crippen LogP contribution in [-0.2, 0) is 17.8 Å². The largest absolute Gasteiger partial charge is 0.508 e. The number of benzene rings is 2. The molecule has 0 fully saturated rings. The van der Waals surface area contributed by atoms with Gasteiger partial charge in [-0.2, -0.15) is 0 Å². The summed E-state index contributed by atoms with van der Waals surface area (Å²) in [6.07, 6.45) is 0.330. The quantitative estimate of drug-likeness (QED) is 0.774. The molecule has 0 atom stereocenters. The molecule has 21 heavy (non-hydrogen) atoms. The first-order valence-corrected chi connectivity index (χ1v) is 7.60. The first-order valence-electron chi connectivity index (χ1n) is 6.72. The van der Waals surface area contributed by atoms with Crippen LogP contribution in [0.4, 0.5) is 0 Å². The minimum Gasteiger partial charge on any atom is -0.508 e. The van der Waals surface area contributed by atoms with Crippen molar-refractivity contribution >= 4 is 27.3 Å². The Morgan fingerprint density at radius 1 is 1.14 bits per heavy atom. The molecule has 3 aromatic rings. The molecule has 2 aromatic carbocycles.